The third kappa shape index (κ3) is 1.66. The van der Waals surface area contributed by atoms with Crippen LogP contribution < -0.4 is 0 Å². The SMILES string of the molecule is CC1(C)c2ccccc2-c2c1c1ccc3c4c5c(cccc5n3I)c3ccoc3n2c14. The second kappa shape index (κ2) is 5.07. The predicted molar refractivity (Wildman–Crippen MR) is 136 cm³/mol. The molecule has 0 spiro atoms. The van der Waals surface area contributed by atoms with E-state index in [1.807, 2.05) is 6.26 Å². The van der Waals surface area contributed by atoms with E-state index in [0.717, 1.165) is 11.1 Å². The van der Waals surface area contributed by atoms with Crippen molar-refractivity contribution in [1.29, 1.82) is 0 Å². The Bertz CT molecular complexity index is 1880. The number of aromatic nitrogens is 2. The molecule has 0 radical (unpaired) electrons. The minimum absolute atomic E-state index is 0.0689. The first-order valence-electron chi connectivity index (χ1n) is 10.6. The lowest BCUT2D eigenvalue weighted by atomic mass is 9.81. The van der Waals surface area contributed by atoms with Crippen LogP contribution in [0, 0.1) is 0 Å². The molecule has 0 aliphatic heterocycles. The number of halogens is 1. The van der Waals surface area contributed by atoms with Crippen LogP contribution in [0.5, 0.6) is 0 Å². The molecule has 0 saturated carbocycles. The van der Waals surface area contributed by atoms with Crippen molar-refractivity contribution in [3.8, 4) is 11.3 Å². The van der Waals surface area contributed by atoms with Gasteiger partial charge in [0.1, 0.15) is 0 Å². The van der Waals surface area contributed by atoms with Crippen LogP contribution >= 0.6 is 22.9 Å². The molecule has 31 heavy (non-hydrogen) atoms. The number of nitrogens with zero attached hydrogens (tertiary/aromatic N) is 2. The predicted octanol–water partition coefficient (Wildman–Crippen LogP) is 7.89. The van der Waals surface area contributed by atoms with Crippen LogP contribution in [0.4, 0.5) is 0 Å². The number of benzene rings is 3. The average molecular weight is 512 g/mol. The molecule has 3 nitrogen and oxygen atoms in total. The summed E-state index contributed by atoms with van der Waals surface area (Å²) in [5.74, 6) is 0. The largest absolute Gasteiger partial charge is 0.447 e. The number of hydrogen-bond donors (Lipinski definition) is 0. The molecular weight excluding hydrogens is 495 g/mol. The Morgan fingerprint density at radius 3 is 2.55 bits per heavy atom. The van der Waals surface area contributed by atoms with Gasteiger partial charge >= 0.3 is 0 Å². The first kappa shape index (κ1) is 16.7. The van der Waals surface area contributed by atoms with Gasteiger partial charge in [0.2, 0.25) is 5.71 Å². The molecule has 0 fully saturated rings. The number of hydrogen-bond acceptors (Lipinski definition) is 1. The smallest absolute Gasteiger partial charge is 0.212 e. The summed E-state index contributed by atoms with van der Waals surface area (Å²) in [5, 5.41) is 6.38. The van der Waals surface area contributed by atoms with Gasteiger partial charge in [-0.15, -0.1) is 0 Å². The maximum atomic E-state index is 6.24. The van der Waals surface area contributed by atoms with Crippen LogP contribution in [-0.4, -0.2) is 7.18 Å². The van der Waals surface area contributed by atoms with Gasteiger partial charge in [-0.05, 0) is 34.7 Å². The highest BCUT2D eigenvalue weighted by molar-refractivity contribution is 14.1. The summed E-state index contributed by atoms with van der Waals surface area (Å²) in [7, 11) is 0. The van der Waals surface area contributed by atoms with Gasteiger partial charge in [-0.3, -0.25) is 7.18 Å². The molecular formula is C27H17IN2O. The molecule has 0 atom stereocenters. The van der Waals surface area contributed by atoms with Gasteiger partial charge in [0, 0.05) is 32.5 Å². The third-order valence-electron chi connectivity index (χ3n) is 7.44. The monoisotopic (exact) mass is 512 g/mol. The fraction of sp³-hybridized carbons (Fsp3) is 0.111. The lowest BCUT2D eigenvalue weighted by Crippen LogP contribution is -2.14. The van der Waals surface area contributed by atoms with E-state index in [1.54, 1.807) is 0 Å². The Morgan fingerprint density at radius 1 is 0.806 bits per heavy atom. The van der Waals surface area contributed by atoms with Gasteiger partial charge in [0.25, 0.3) is 0 Å². The number of fused-ring (bicyclic) bond motifs is 8. The fourth-order valence-corrected chi connectivity index (χ4v) is 7.04. The van der Waals surface area contributed by atoms with E-state index in [2.05, 4.69) is 105 Å². The molecule has 1 aliphatic rings. The van der Waals surface area contributed by atoms with E-state index < -0.39 is 0 Å². The van der Waals surface area contributed by atoms with Gasteiger partial charge < -0.3 is 4.42 Å². The Kier molecular flexibility index (Phi) is 2.73. The van der Waals surface area contributed by atoms with Crippen LogP contribution in [0.15, 0.2) is 71.3 Å². The van der Waals surface area contributed by atoms with Crippen LogP contribution in [0.3, 0.4) is 0 Å². The summed E-state index contributed by atoms with van der Waals surface area (Å²) in [5.41, 5.74) is 10.0. The van der Waals surface area contributed by atoms with Crippen molar-refractivity contribution < 1.29 is 4.42 Å². The van der Waals surface area contributed by atoms with Crippen molar-refractivity contribution in [2.45, 2.75) is 19.3 Å². The zero-order valence-corrected chi connectivity index (χ0v) is 19.2. The lowest BCUT2D eigenvalue weighted by Gasteiger charge is -2.21. The number of rotatable bonds is 0. The van der Waals surface area contributed by atoms with Crippen molar-refractivity contribution in [2.24, 2.45) is 0 Å². The Hall–Kier alpha value is -2.99. The van der Waals surface area contributed by atoms with Crippen LogP contribution in [0.1, 0.15) is 25.0 Å². The van der Waals surface area contributed by atoms with Gasteiger partial charge in [-0.25, -0.2) is 0 Å². The molecule has 7 aromatic rings. The molecule has 8 rings (SSSR count). The van der Waals surface area contributed by atoms with Crippen molar-refractivity contribution in [3.05, 3.63) is 78.1 Å². The minimum atomic E-state index is -0.0689. The van der Waals surface area contributed by atoms with Crippen molar-refractivity contribution >= 4 is 72.1 Å². The van der Waals surface area contributed by atoms with Crippen molar-refractivity contribution in [2.75, 3.05) is 0 Å². The van der Waals surface area contributed by atoms with E-state index in [9.17, 15) is 0 Å². The van der Waals surface area contributed by atoms with E-state index >= 15 is 0 Å². The molecule has 0 amide bonds. The second-order valence-corrected chi connectivity index (χ2v) is 10.2. The van der Waals surface area contributed by atoms with E-state index in [-0.39, 0.29) is 5.41 Å². The maximum Gasteiger partial charge on any atom is 0.212 e. The maximum absolute atomic E-state index is 6.24. The Labute approximate surface area is 191 Å². The minimum Gasteiger partial charge on any atom is -0.447 e. The average Bonchev–Trinajstić information content (AvgIpc) is 3.48. The number of furan rings is 1. The molecule has 0 N–H and O–H groups in total. The van der Waals surface area contributed by atoms with Crippen LogP contribution in [-0.2, 0) is 5.41 Å². The third-order valence-corrected chi connectivity index (χ3v) is 8.48. The fourth-order valence-electron chi connectivity index (χ4n) is 6.24. The zero-order valence-electron chi connectivity index (χ0n) is 17.0. The summed E-state index contributed by atoms with van der Waals surface area (Å²) >= 11 is 2.44. The van der Waals surface area contributed by atoms with Crippen molar-refractivity contribution in [3.63, 3.8) is 0 Å². The quantitative estimate of drug-likeness (QED) is 0.190. The Morgan fingerprint density at radius 2 is 1.65 bits per heavy atom. The summed E-state index contributed by atoms with van der Waals surface area (Å²) < 4.78 is 11.0. The summed E-state index contributed by atoms with van der Waals surface area (Å²) in [6.45, 7) is 4.71. The molecule has 0 unspecified atom stereocenters. The highest BCUT2D eigenvalue weighted by Gasteiger charge is 2.41. The molecule has 4 aromatic heterocycles. The normalized spacial score (nSPS) is 15.2. The topological polar surface area (TPSA) is 22.5 Å². The first-order valence-corrected chi connectivity index (χ1v) is 11.5. The highest BCUT2D eigenvalue weighted by Crippen LogP contribution is 2.55. The van der Waals surface area contributed by atoms with Gasteiger partial charge in [-0.2, -0.15) is 0 Å². The molecule has 0 saturated heterocycles. The highest BCUT2D eigenvalue weighted by atomic mass is 127. The molecule has 4 heteroatoms. The second-order valence-electron chi connectivity index (χ2n) is 9.21. The summed E-state index contributed by atoms with van der Waals surface area (Å²) in [4.78, 5) is 0. The first-order chi connectivity index (χ1) is 15.1. The zero-order chi connectivity index (χ0) is 20.6. The van der Waals surface area contributed by atoms with E-state index in [1.165, 1.54) is 60.5 Å². The molecule has 0 bridgehead atoms. The Balaban J connectivity index is 1.84. The van der Waals surface area contributed by atoms with E-state index in [0.29, 0.717) is 0 Å². The summed E-state index contributed by atoms with van der Waals surface area (Å²) in [6, 6.07) is 22.2. The lowest BCUT2D eigenvalue weighted by molar-refractivity contribution is 0.599. The van der Waals surface area contributed by atoms with Gasteiger partial charge in [0.05, 0.1) is 51.4 Å². The molecule has 1 aliphatic carbocycles. The summed E-state index contributed by atoms with van der Waals surface area (Å²) in [6.07, 6.45) is 1.83. The van der Waals surface area contributed by atoms with E-state index in [4.69, 9.17) is 4.42 Å². The van der Waals surface area contributed by atoms with Gasteiger partial charge in [0.15, 0.2) is 0 Å². The van der Waals surface area contributed by atoms with Crippen LogP contribution in [0.2, 0.25) is 0 Å². The van der Waals surface area contributed by atoms with Crippen molar-refractivity contribution in [1.82, 2.24) is 7.18 Å². The van der Waals surface area contributed by atoms with Gasteiger partial charge in [-0.1, -0.05) is 56.3 Å². The molecule has 3 aromatic carbocycles. The molecule has 4 heterocycles. The molecule has 148 valence electrons. The van der Waals surface area contributed by atoms with Crippen LogP contribution in [0.25, 0.3) is 60.5 Å². The standard InChI is InChI=1S/C27H17IN2O/c1-27(2)18-8-4-3-6-16(18)25-23(27)17-10-11-20-22-21-14(7-5-9-19(21)30(20)28)15-12-13-31-26(15)29(25)24(17)22/h3-13H,1-2H3.